The van der Waals surface area contributed by atoms with E-state index in [-0.39, 0.29) is 23.3 Å². The van der Waals surface area contributed by atoms with Crippen molar-refractivity contribution in [3.8, 4) is 0 Å². The summed E-state index contributed by atoms with van der Waals surface area (Å²) in [5.74, 6) is 0.166. The van der Waals surface area contributed by atoms with Crippen molar-refractivity contribution in [2.45, 2.75) is 37.2 Å². The van der Waals surface area contributed by atoms with Crippen molar-refractivity contribution in [2.24, 2.45) is 0 Å². The Balaban J connectivity index is 1.54. The van der Waals surface area contributed by atoms with E-state index in [0.29, 0.717) is 42.3 Å². The number of fused-ring (bicyclic) bond motifs is 1. The second-order valence-corrected chi connectivity index (χ2v) is 8.99. The van der Waals surface area contributed by atoms with E-state index in [1.807, 2.05) is 48.5 Å². The minimum atomic E-state index is -0.0911. The monoisotopic (exact) mass is 467 g/mol. The lowest BCUT2D eigenvalue weighted by Crippen LogP contribution is -2.35. The number of benzene rings is 2. The SMILES string of the molecule is COCCN(Cc1ccccc1)C(=O)CSc1nc2ccccc2c(=O)n1CC1CCCO1. The van der Waals surface area contributed by atoms with E-state index < -0.39 is 0 Å². The van der Waals surface area contributed by atoms with Crippen molar-refractivity contribution in [2.75, 3.05) is 32.6 Å². The zero-order valence-electron chi connectivity index (χ0n) is 18.8. The fraction of sp³-hybridized carbons (Fsp3) is 0.400. The first kappa shape index (κ1) is 23.5. The summed E-state index contributed by atoms with van der Waals surface area (Å²) in [5.41, 5.74) is 1.61. The molecule has 1 fully saturated rings. The fourth-order valence-corrected chi connectivity index (χ4v) is 4.84. The molecular weight excluding hydrogens is 438 g/mol. The normalized spacial score (nSPS) is 15.7. The highest BCUT2D eigenvalue weighted by atomic mass is 32.2. The molecule has 1 unspecified atom stereocenters. The Kier molecular flexibility index (Phi) is 8.15. The first-order valence-corrected chi connectivity index (χ1v) is 12.2. The number of amides is 1. The average Bonchev–Trinajstić information content (AvgIpc) is 3.36. The van der Waals surface area contributed by atoms with Crippen LogP contribution in [0.1, 0.15) is 18.4 Å². The maximum Gasteiger partial charge on any atom is 0.262 e. The standard InChI is InChI=1S/C25H29N3O4S/c1-31-15-13-27(16-19-8-3-2-4-9-19)23(29)18-33-25-26-22-12-6-5-11-21(22)24(30)28(25)17-20-10-7-14-32-20/h2-6,8-9,11-12,20H,7,10,13-18H2,1H3. The van der Waals surface area contributed by atoms with Crippen molar-refractivity contribution in [1.82, 2.24) is 14.5 Å². The zero-order valence-corrected chi connectivity index (χ0v) is 19.6. The van der Waals surface area contributed by atoms with E-state index in [9.17, 15) is 9.59 Å². The molecule has 0 aliphatic carbocycles. The number of methoxy groups -OCH3 is 1. The summed E-state index contributed by atoms with van der Waals surface area (Å²) in [4.78, 5) is 32.9. The number of para-hydroxylation sites is 1. The van der Waals surface area contributed by atoms with E-state index in [1.54, 1.807) is 22.6 Å². The van der Waals surface area contributed by atoms with Gasteiger partial charge in [0.25, 0.3) is 5.56 Å². The molecule has 1 amide bonds. The van der Waals surface area contributed by atoms with E-state index in [0.717, 1.165) is 25.0 Å². The number of aromatic nitrogens is 2. The summed E-state index contributed by atoms with van der Waals surface area (Å²) in [5, 5.41) is 1.13. The van der Waals surface area contributed by atoms with Gasteiger partial charge in [0, 0.05) is 26.8 Å². The molecule has 1 atom stereocenters. The van der Waals surface area contributed by atoms with Gasteiger partial charge in [-0.25, -0.2) is 4.98 Å². The van der Waals surface area contributed by atoms with E-state index >= 15 is 0 Å². The molecule has 0 saturated carbocycles. The molecule has 174 valence electrons. The third kappa shape index (κ3) is 6.01. The van der Waals surface area contributed by atoms with Gasteiger partial charge < -0.3 is 14.4 Å². The van der Waals surface area contributed by atoms with Crippen molar-refractivity contribution in [3.05, 3.63) is 70.5 Å². The van der Waals surface area contributed by atoms with E-state index in [2.05, 4.69) is 0 Å². The summed E-state index contributed by atoms with van der Waals surface area (Å²) in [6.07, 6.45) is 1.91. The first-order valence-electron chi connectivity index (χ1n) is 11.2. The van der Waals surface area contributed by atoms with Gasteiger partial charge in [0.05, 0.1) is 35.9 Å². The molecule has 1 saturated heterocycles. The van der Waals surface area contributed by atoms with Crippen molar-refractivity contribution in [1.29, 1.82) is 0 Å². The Hall–Kier alpha value is -2.68. The van der Waals surface area contributed by atoms with Crippen LogP contribution in [-0.2, 0) is 27.4 Å². The molecule has 33 heavy (non-hydrogen) atoms. The Morgan fingerprint density at radius 1 is 1.21 bits per heavy atom. The van der Waals surface area contributed by atoms with Crippen LogP contribution in [-0.4, -0.2) is 59.1 Å². The van der Waals surface area contributed by atoms with E-state index in [1.165, 1.54) is 11.8 Å². The Morgan fingerprint density at radius 3 is 2.76 bits per heavy atom. The number of ether oxygens (including phenoxy) is 2. The molecular formula is C25H29N3O4S. The number of hydrogen-bond donors (Lipinski definition) is 0. The van der Waals surface area contributed by atoms with Crippen molar-refractivity contribution < 1.29 is 14.3 Å². The summed E-state index contributed by atoms with van der Waals surface area (Å²) in [7, 11) is 1.63. The molecule has 4 rings (SSSR count). The van der Waals surface area contributed by atoms with Gasteiger partial charge in [-0.3, -0.25) is 14.2 Å². The summed E-state index contributed by atoms with van der Waals surface area (Å²) >= 11 is 1.30. The molecule has 1 aliphatic heterocycles. The third-order valence-corrected chi connectivity index (χ3v) is 6.66. The van der Waals surface area contributed by atoms with Gasteiger partial charge in [-0.1, -0.05) is 54.2 Å². The van der Waals surface area contributed by atoms with Crippen molar-refractivity contribution >= 4 is 28.6 Å². The van der Waals surface area contributed by atoms with Gasteiger partial charge in [0.2, 0.25) is 5.91 Å². The molecule has 0 spiro atoms. The molecule has 2 heterocycles. The largest absolute Gasteiger partial charge is 0.383 e. The summed E-state index contributed by atoms with van der Waals surface area (Å²) in [6.45, 7) is 2.64. The second-order valence-electron chi connectivity index (χ2n) is 8.04. The Labute approximate surface area is 197 Å². The second kappa shape index (κ2) is 11.4. The predicted molar refractivity (Wildman–Crippen MR) is 129 cm³/mol. The first-order chi connectivity index (χ1) is 16.2. The predicted octanol–water partition coefficient (Wildman–Crippen LogP) is 3.34. The quantitative estimate of drug-likeness (QED) is 0.336. The van der Waals surface area contributed by atoms with Gasteiger partial charge in [-0.2, -0.15) is 0 Å². The number of carbonyl (C=O) groups excluding carboxylic acids is 1. The van der Waals surface area contributed by atoms with Gasteiger partial charge in [0.1, 0.15) is 0 Å². The third-order valence-electron chi connectivity index (χ3n) is 5.70. The molecule has 0 N–H and O–H groups in total. The molecule has 8 heteroatoms. The van der Waals surface area contributed by atoms with Crippen LogP contribution in [0.2, 0.25) is 0 Å². The van der Waals surface area contributed by atoms with Crippen LogP contribution in [0.5, 0.6) is 0 Å². The number of carbonyl (C=O) groups is 1. The lowest BCUT2D eigenvalue weighted by molar-refractivity contribution is -0.129. The highest BCUT2D eigenvalue weighted by molar-refractivity contribution is 7.99. The lowest BCUT2D eigenvalue weighted by atomic mass is 10.2. The number of rotatable bonds is 10. The fourth-order valence-electron chi connectivity index (χ4n) is 3.93. The highest BCUT2D eigenvalue weighted by Crippen LogP contribution is 2.21. The average molecular weight is 468 g/mol. The molecule has 2 aromatic carbocycles. The highest BCUT2D eigenvalue weighted by Gasteiger charge is 2.21. The lowest BCUT2D eigenvalue weighted by Gasteiger charge is -2.23. The minimum Gasteiger partial charge on any atom is -0.383 e. The smallest absolute Gasteiger partial charge is 0.262 e. The summed E-state index contributed by atoms with van der Waals surface area (Å²) in [6, 6.07) is 17.2. The minimum absolute atomic E-state index is 0.00278. The van der Waals surface area contributed by atoms with Crippen LogP contribution in [0.15, 0.2) is 64.5 Å². The maximum absolute atomic E-state index is 13.2. The van der Waals surface area contributed by atoms with E-state index in [4.69, 9.17) is 14.5 Å². The van der Waals surface area contributed by atoms with Crippen LogP contribution >= 0.6 is 11.8 Å². The van der Waals surface area contributed by atoms with Crippen LogP contribution in [0, 0.1) is 0 Å². The number of thioether (sulfide) groups is 1. The molecule has 1 aliphatic rings. The Morgan fingerprint density at radius 2 is 2.00 bits per heavy atom. The Bertz CT molecular complexity index is 1130. The maximum atomic E-state index is 13.2. The van der Waals surface area contributed by atoms with Crippen LogP contribution in [0.4, 0.5) is 0 Å². The molecule has 7 nitrogen and oxygen atoms in total. The molecule has 1 aromatic heterocycles. The van der Waals surface area contributed by atoms with Crippen molar-refractivity contribution in [3.63, 3.8) is 0 Å². The molecule has 0 radical (unpaired) electrons. The van der Waals surface area contributed by atoms with Crippen LogP contribution in [0.3, 0.4) is 0 Å². The van der Waals surface area contributed by atoms with Gasteiger partial charge in [-0.15, -0.1) is 0 Å². The van der Waals surface area contributed by atoms with Gasteiger partial charge in [-0.05, 0) is 30.5 Å². The van der Waals surface area contributed by atoms with Gasteiger partial charge in [0.15, 0.2) is 5.16 Å². The zero-order chi connectivity index (χ0) is 23.0. The molecule has 3 aromatic rings. The van der Waals surface area contributed by atoms with Gasteiger partial charge >= 0.3 is 0 Å². The van der Waals surface area contributed by atoms with Crippen LogP contribution < -0.4 is 5.56 Å². The topological polar surface area (TPSA) is 73.7 Å². The molecule has 0 bridgehead atoms. The van der Waals surface area contributed by atoms with Crippen LogP contribution in [0.25, 0.3) is 10.9 Å². The number of hydrogen-bond acceptors (Lipinski definition) is 6. The number of nitrogens with zero attached hydrogens (tertiary/aromatic N) is 3. The summed E-state index contributed by atoms with van der Waals surface area (Å²) < 4.78 is 12.6.